The summed E-state index contributed by atoms with van der Waals surface area (Å²) in [7, 11) is 0. The minimum Gasteiger partial charge on any atom is -0.465 e. The molecule has 0 radical (unpaired) electrons. The van der Waals surface area contributed by atoms with Gasteiger partial charge < -0.3 is 9.47 Å². The van der Waals surface area contributed by atoms with E-state index in [-0.39, 0.29) is 33.6 Å². The Morgan fingerprint density at radius 3 is 1.41 bits per heavy atom. The van der Waals surface area contributed by atoms with Crippen LogP contribution in [0.3, 0.4) is 0 Å². The summed E-state index contributed by atoms with van der Waals surface area (Å²) in [4.78, 5) is 25.8. The summed E-state index contributed by atoms with van der Waals surface area (Å²) in [5.74, 6) is 2.37. The number of carbonyl (C=O) groups excluding carboxylic acids is 2. The Morgan fingerprint density at radius 2 is 1.03 bits per heavy atom. The molecule has 4 aliphatic rings. The molecule has 0 saturated heterocycles. The fourth-order valence-electron chi connectivity index (χ4n) is 8.29. The first kappa shape index (κ1) is 24.1. The van der Waals surface area contributed by atoms with Gasteiger partial charge in [0.2, 0.25) is 0 Å². The highest BCUT2D eigenvalue weighted by Gasteiger charge is 2.77. The largest absolute Gasteiger partial charge is 0.465 e. The topological polar surface area (TPSA) is 52.6 Å². The van der Waals surface area contributed by atoms with Crippen LogP contribution in [0.25, 0.3) is 0 Å². The van der Waals surface area contributed by atoms with Gasteiger partial charge in [-0.1, -0.05) is 54.4 Å². The third-order valence-electron chi connectivity index (χ3n) is 10.5. The molecule has 4 saturated carbocycles. The molecule has 4 fully saturated rings. The zero-order chi connectivity index (χ0) is 23.4. The van der Waals surface area contributed by atoms with Crippen molar-refractivity contribution in [1.82, 2.24) is 0 Å². The maximum atomic E-state index is 12.9. The molecule has 0 amide bonds. The molecule has 182 valence electrons. The number of unbranched alkanes of at least 4 members (excludes halogenated alkanes) is 3. The molecule has 0 aromatic rings. The second-order valence-electron chi connectivity index (χ2n) is 13.0. The zero-order valence-corrected chi connectivity index (χ0v) is 21.4. The first-order valence-electron chi connectivity index (χ1n) is 13.4. The molecule has 4 nitrogen and oxygen atoms in total. The van der Waals surface area contributed by atoms with Crippen LogP contribution in [-0.4, -0.2) is 25.2 Å². The number of hydrogen-bond donors (Lipinski definition) is 0. The van der Waals surface area contributed by atoms with Crippen LogP contribution in [0.15, 0.2) is 0 Å². The van der Waals surface area contributed by atoms with E-state index in [9.17, 15) is 9.59 Å². The Hall–Kier alpha value is -1.06. The number of carbonyl (C=O) groups is 2. The molecule has 0 aromatic heterocycles. The molecular weight excluding hydrogens is 400 g/mol. The van der Waals surface area contributed by atoms with Crippen LogP contribution in [0.1, 0.15) is 106 Å². The van der Waals surface area contributed by atoms with Crippen molar-refractivity contribution in [1.29, 1.82) is 0 Å². The predicted molar refractivity (Wildman–Crippen MR) is 126 cm³/mol. The van der Waals surface area contributed by atoms with Crippen molar-refractivity contribution < 1.29 is 19.1 Å². The van der Waals surface area contributed by atoms with Crippen LogP contribution in [0.2, 0.25) is 0 Å². The lowest BCUT2D eigenvalue weighted by molar-refractivity contribution is -0.155. The van der Waals surface area contributed by atoms with Gasteiger partial charge in [0.05, 0.1) is 24.0 Å². The standard InChI is InChI=1S/C28H46O4/c1-19-11-13-21-25(3,4)27(21,17-19)23(29)31-15-9-7-8-10-16-32-24(30)28-18-20(2)12-14-22(28)26(28,5)6/h19-22H,7-18H2,1-6H3. The second-order valence-corrected chi connectivity index (χ2v) is 13.0. The summed E-state index contributed by atoms with van der Waals surface area (Å²) in [6.45, 7) is 14.6. The second kappa shape index (κ2) is 8.31. The summed E-state index contributed by atoms with van der Waals surface area (Å²) in [5.41, 5.74) is -0.236. The van der Waals surface area contributed by atoms with Gasteiger partial charge in [0.25, 0.3) is 0 Å². The zero-order valence-electron chi connectivity index (χ0n) is 21.4. The summed E-state index contributed by atoms with van der Waals surface area (Å²) >= 11 is 0. The van der Waals surface area contributed by atoms with Crippen LogP contribution in [0, 0.1) is 45.3 Å². The molecular formula is C28H46O4. The first-order valence-corrected chi connectivity index (χ1v) is 13.4. The van der Waals surface area contributed by atoms with Crippen LogP contribution < -0.4 is 0 Å². The van der Waals surface area contributed by atoms with Crippen LogP contribution in [-0.2, 0) is 19.1 Å². The van der Waals surface area contributed by atoms with Gasteiger partial charge in [0.15, 0.2) is 0 Å². The third-order valence-corrected chi connectivity index (χ3v) is 10.5. The van der Waals surface area contributed by atoms with E-state index in [1.165, 1.54) is 25.7 Å². The molecule has 0 heterocycles. The molecule has 4 rings (SSSR count). The van der Waals surface area contributed by atoms with Crippen LogP contribution in [0.4, 0.5) is 0 Å². The van der Waals surface area contributed by atoms with E-state index in [2.05, 4.69) is 41.5 Å². The molecule has 0 bridgehead atoms. The van der Waals surface area contributed by atoms with Crippen molar-refractivity contribution >= 4 is 11.9 Å². The maximum absolute atomic E-state index is 12.9. The Kier molecular flexibility index (Phi) is 6.25. The molecule has 6 atom stereocenters. The van der Waals surface area contributed by atoms with E-state index >= 15 is 0 Å². The van der Waals surface area contributed by atoms with Crippen molar-refractivity contribution in [2.75, 3.05) is 13.2 Å². The Bertz CT molecular complexity index is 678. The lowest BCUT2D eigenvalue weighted by Gasteiger charge is -2.26. The monoisotopic (exact) mass is 446 g/mol. The van der Waals surface area contributed by atoms with Gasteiger partial charge in [-0.05, 0) is 85.9 Å². The van der Waals surface area contributed by atoms with Gasteiger partial charge in [0.1, 0.15) is 0 Å². The van der Waals surface area contributed by atoms with E-state index in [1.54, 1.807) is 0 Å². The Labute approximate surface area is 195 Å². The first-order chi connectivity index (χ1) is 15.0. The summed E-state index contributed by atoms with van der Waals surface area (Å²) < 4.78 is 11.5. The van der Waals surface area contributed by atoms with E-state index in [0.29, 0.717) is 36.9 Å². The number of fused-ring (bicyclic) bond motifs is 2. The predicted octanol–water partition coefficient (Wildman–Crippen LogP) is 6.56. The molecule has 0 aliphatic heterocycles. The average Bonchev–Trinajstić information content (AvgIpc) is 3.45. The van der Waals surface area contributed by atoms with Crippen molar-refractivity contribution in [2.45, 2.75) is 106 Å². The molecule has 0 spiro atoms. The highest BCUT2D eigenvalue weighted by molar-refractivity contribution is 5.83. The number of rotatable bonds is 9. The average molecular weight is 447 g/mol. The molecule has 4 aliphatic carbocycles. The van der Waals surface area contributed by atoms with Gasteiger partial charge in [-0.2, -0.15) is 0 Å². The van der Waals surface area contributed by atoms with E-state index in [0.717, 1.165) is 38.5 Å². The Morgan fingerprint density at radius 1 is 0.656 bits per heavy atom. The van der Waals surface area contributed by atoms with Gasteiger partial charge in [-0.3, -0.25) is 9.59 Å². The molecule has 6 unspecified atom stereocenters. The van der Waals surface area contributed by atoms with Crippen molar-refractivity contribution in [3.05, 3.63) is 0 Å². The van der Waals surface area contributed by atoms with Gasteiger partial charge >= 0.3 is 11.9 Å². The quantitative estimate of drug-likeness (QED) is 0.297. The van der Waals surface area contributed by atoms with E-state index in [4.69, 9.17) is 9.47 Å². The maximum Gasteiger partial charge on any atom is 0.312 e. The normalized spacial score (nSPS) is 40.6. The number of ether oxygens (including phenoxy) is 2. The van der Waals surface area contributed by atoms with Crippen molar-refractivity contribution in [3.63, 3.8) is 0 Å². The highest BCUT2D eigenvalue weighted by atomic mass is 16.5. The highest BCUT2D eigenvalue weighted by Crippen LogP contribution is 2.76. The smallest absolute Gasteiger partial charge is 0.312 e. The van der Waals surface area contributed by atoms with Crippen LogP contribution >= 0.6 is 0 Å². The minimum absolute atomic E-state index is 0.0514. The lowest BCUT2D eigenvalue weighted by atomic mass is 9.80. The molecule has 0 N–H and O–H groups in total. The third kappa shape index (κ3) is 3.54. The minimum atomic E-state index is -0.219. The van der Waals surface area contributed by atoms with E-state index < -0.39 is 0 Å². The SMILES string of the molecule is CC1CCC2C(C)(C)C2(C(=O)OCCCCCCOC(=O)C23CC(C)CCC2C3(C)C)C1. The fourth-order valence-corrected chi connectivity index (χ4v) is 8.29. The molecule has 4 heteroatoms. The number of hydrogen-bond acceptors (Lipinski definition) is 4. The van der Waals surface area contributed by atoms with Crippen molar-refractivity contribution in [3.8, 4) is 0 Å². The molecule has 0 aromatic carbocycles. The summed E-state index contributed by atoms with van der Waals surface area (Å²) in [6.07, 6.45) is 10.6. The lowest BCUT2D eigenvalue weighted by Crippen LogP contribution is -2.29. The number of esters is 2. The van der Waals surface area contributed by atoms with Gasteiger partial charge in [0, 0.05) is 0 Å². The molecule has 32 heavy (non-hydrogen) atoms. The Balaban J connectivity index is 1.11. The van der Waals surface area contributed by atoms with Crippen molar-refractivity contribution in [2.24, 2.45) is 45.3 Å². The van der Waals surface area contributed by atoms with Gasteiger partial charge in [-0.15, -0.1) is 0 Å². The van der Waals surface area contributed by atoms with E-state index in [1.807, 2.05) is 0 Å². The fraction of sp³-hybridized carbons (Fsp3) is 0.929. The van der Waals surface area contributed by atoms with Gasteiger partial charge in [-0.25, -0.2) is 0 Å². The summed E-state index contributed by atoms with van der Waals surface area (Å²) in [5, 5.41) is 0. The summed E-state index contributed by atoms with van der Waals surface area (Å²) in [6, 6.07) is 0. The van der Waals surface area contributed by atoms with Crippen LogP contribution in [0.5, 0.6) is 0 Å².